The van der Waals surface area contributed by atoms with Gasteiger partial charge in [-0.05, 0) is 13.0 Å². The van der Waals surface area contributed by atoms with Crippen molar-refractivity contribution < 1.29 is 8.42 Å². The van der Waals surface area contributed by atoms with Gasteiger partial charge in [-0.2, -0.15) is 13.1 Å². The summed E-state index contributed by atoms with van der Waals surface area (Å²) in [5.41, 5.74) is 0. The van der Waals surface area contributed by atoms with Crippen molar-refractivity contribution in [2.75, 3.05) is 13.2 Å². The largest absolute Gasteiger partial charge is 0.304 e. The Bertz CT molecular complexity index is 165. The van der Waals surface area contributed by atoms with Crippen LogP contribution in [0, 0.1) is 0 Å². The van der Waals surface area contributed by atoms with E-state index in [1.165, 1.54) is 0 Å². The molecule has 0 aromatic heterocycles. The van der Waals surface area contributed by atoms with E-state index in [1.807, 2.05) is 6.92 Å². The predicted octanol–water partition coefficient (Wildman–Crippen LogP) is -1.26. The van der Waals surface area contributed by atoms with Crippen LogP contribution in [-0.4, -0.2) is 21.6 Å². The van der Waals surface area contributed by atoms with Crippen LogP contribution in [0.4, 0.5) is 0 Å². The summed E-state index contributed by atoms with van der Waals surface area (Å²) in [6.07, 6.45) is 0.965. The van der Waals surface area contributed by atoms with Crippen LogP contribution >= 0.6 is 0 Å². The van der Waals surface area contributed by atoms with Gasteiger partial charge in [-0.3, -0.25) is 0 Å². The third-order valence-corrected chi connectivity index (χ3v) is 1.37. The summed E-state index contributed by atoms with van der Waals surface area (Å²) in [7, 11) is -3.52. The molecule has 0 atom stereocenters. The van der Waals surface area contributed by atoms with Crippen LogP contribution in [0.3, 0.4) is 0 Å². The predicted molar refractivity (Wildman–Crippen MR) is 39.4 cm³/mol. The molecule has 0 aliphatic rings. The molecule has 0 spiro atoms. The molecule has 0 aromatic carbocycles. The average molecular weight is 167 g/mol. The molecule has 0 bridgehead atoms. The fraction of sp³-hybridized carbons (Fsp3) is 1.00. The van der Waals surface area contributed by atoms with E-state index >= 15 is 0 Å². The molecule has 62 valence electrons. The number of rotatable bonds is 5. The highest BCUT2D eigenvalue weighted by Crippen LogP contribution is 1.68. The highest BCUT2D eigenvalue weighted by atomic mass is 32.2. The topological polar surface area (TPSA) is 84.2 Å². The number of nitrogens with two attached hydrogens (primary N) is 1. The standard InChI is InChI=1S/C4H13N3O2S/c1-2-3-6-4-7-10(5,8)9/h6-7H,2-4H2,1H3,(H2,5,8,9). The second-order valence-electron chi connectivity index (χ2n) is 1.87. The second-order valence-corrected chi connectivity index (χ2v) is 3.24. The molecule has 5 nitrogen and oxygen atoms in total. The molecule has 0 saturated carbocycles. The first kappa shape index (κ1) is 9.83. The maximum atomic E-state index is 10.2. The highest BCUT2D eigenvalue weighted by Gasteiger charge is 1.96. The minimum atomic E-state index is -3.52. The van der Waals surface area contributed by atoms with Crippen LogP contribution in [0.5, 0.6) is 0 Å². The molecule has 0 amide bonds. The van der Waals surface area contributed by atoms with Crippen LogP contribution in [0.15, 0.2) is 0 Å². The molecule has 10 heavy (non-hydrogen) atoms. The molecule has 0 fully saturated rings. The smallest absolute Gasteiger partial charge is 0.275 e. The van der Waals surface area contributed by atoms with Gasteiger partial charge in [0.15, 0.2) is 0 Å². The van der Waals surface area contributed by atoms with Crippen molar-refractivity contribution in [2.45, 2.75) is 13.3 Å². The molecule has 0 unspecified atom stereocenters. The second kappa shape index (κ2) is 4.62. The molecular weight excluding hydrogens is 154 g/mol. The van der Waals surface area contributed by atoms with Gasteiger partial charge in [0, 0.05) is 0 Å². The molecule has 0 rings (SSSR count). The molecule has 0 aliphatic heterocycles. The molecule has 0 aromatic rings. The van der Waals surface area contributed by atoms with Crippen molar-refractivity contribution in [1.29, 1.82) is 0 Å². The summed E-state index contributed by atoms with van der Waals surface area (Å²) >= 11 is 0. The maximum absolute atomic E-state index is 10.2. The van der Waals surface area contributed by atoms with E-state index in [2.05, 4.69) is 15.2 Å². The first-order valence-electron chi connectivity index (χ1n) is 3.04. The number of nitrogens with one attached hydrogen (secondary N) is 2. The fourth-order valence-electron chi connectivity index (χ4n) is 0.417. The quantitative estimate of drug-likeness (QED) is 0.353. The van der Waals surface area contributed by atoms with E-state index < -0.39 is 10.2 Å². The minimum absolute atomic E-state index is 0.201. The Balaban J connectivity index is 3.21. The first-order valence-corrected chi connectivity index (χ1v) is 4.59. The SMILES string of the molecule is CCCNCNS(N)(=O)=O. The van der Waals surface area contributed by atoms with Crippen molar-refractivity contribution in [3.8, 4) is 0 Å². The van der Waals surface area contributed by atoms with E-state index in [1.54, 1.807) is 0 Å². The Morgan fingerprint density at radius 2 is 2.10 bits per heavy atom. The van der Waals surface area contributed by atoms with Crippen LogP contribution in [0.25, 0.3) is 0 Å². The summed E-state index contributed by atoms with van der Waals surface area (Å²) in [5.74, 6) is 0. The van der Waals surface area contributed by atoms with Gasteiger partial charge in [-0.25, -0.2) is 5.14 Å². The normalized spacial score (nSPS) is 11.8. The van der Waals surface area contributed by atoms with Crippen molar-refractivity contribution in [3.05, 3.63) is 0 Å². The van der Waals surface area contributed by atoms with E-state index in [0.717, 1.165) is 13.0 Å². The van der Waals surface area contributed by atoms with Gasteiger partial charge in [-0.1, -0.05) is 6.92 Å². The Kier molecular flexibility index (Phi) is 4.54. The summed E-state index contributed by atoms with van der Waals surface area (Å²) in [6, 6.07) is 0. The van der Waals surface area contributed by atoms with Gasteiger partial charge in [0.05, 0.1) is 6.67 Å². The van der Waals surface area contributed by atoms with Crippen LogP contribution < -0.4 is 15.2 Å². The van der Waals surface area contributed by atoms with Gasteiger partial charge in [-0.15, -0.1) is 0 Å². The molecule has 0 heterocycles. The van der Waals surface area contributed by atoms with Crippen molar-refractivity contribution in [1.82, 2.24) is 10.0 Å². The zero-order chi connectivity index (χ0) is 8.04. The third kappa shape index (κ3) is 7.83. The lowest BCUT2D eigenvalue weighted by Gasteiger charge is -2.01. The average Bonchev–Trinajstić information content (AvgIpc) is 1.78. The van der Waals surface area contributed by atoms with Gasteiger partial charge < -0.3 is 5.32 Å². The van der Waals surface area contributed by atoms with Crippen molar-refractivity contribution >= 4 is 10.2 Å². The van der Waals surface area contributed by atoms with Gasteiger partial charge in [0.25, 0.3) is 10.2 Å². The van der Waals surface area contributed by atoms with E-state index in [-0.39, 0.29) is 6.67 Å². The Labute approximate surface area is 61.2 Å². The Morgan fingerprint density at radius 1 is 1.50 bits per heavy atom. The molecule has 0 radical (unpaired) electrons. The third-order valence-electron chi connectivity index (χ3n) is 0.825. The van der Waals surface area contributed by atoms with Gasteiger partial charge in [0.1, 0.15) is 0 Å². The van der Waals surface area contributed by atoms with Crippen LogP contribution in [0.1, 0.15) is 13.3 Å². The molecule has 6 heteroatoms. The van der Waals surface area contributed by atoms with Gasteiger partial charge in [0.2, 0.25) is 0 Å². The van der Waals surface area contributed by atoms with Crippen LogP contribution in [0.2, 0.25) is 0 Å². The Morgan fingerprint density at radius 3 is 2.50 bits per heavy atom. The summed E-state index contributed by atoms with van der Waals surface area (Å²) in [5, 5.41) is 7.46. The van der Waals surface area contributed by atoms with E-state index in [4.69, 9.17) is 0 Å². The lowest BCUT2D eigenvalue weighted by Crippen LogP contribution is -2.38. The van der Waals surface area contributed by atoms with E-state index in [0.29, 0.717) is 0 Å². The summed E-state index contributed by atoms with van der Waals surface area (Å²) in [6.45, 7) is 2.97. The number of hydrogen-bond donors (Lipinski definition) is 3. The fourth-order valence-corrected chi connectivity index (χ4v) is 0.720. The lowest BCUT2D eigenvalue weighted by molar-refractivity contribution is 0.570. The van der Waals surface area contributed by atoms with Crippen molar-refractivity contribution in [2.24, 2.45) is 5.14 Å². The lowest BCUT2D eigenvalue weighted by atomic mass is 10.5. The van der Waals surface area contributed by atoms with Crippen molar-refractivity contribution in [3.63, 3.8) is 0 Å². The maximum Gasteiger partial charge on any atom is 0.275 e. The molecule has 0 saturated heterocycles. The summed E-state index contributed by atoms with van der Waals surface area (Å²) in [4.78, 5) is 0. The monoisotopic (exact) mass is 167 g/mol. The van der Waals surface area contributed by atoms with Gasteiger partial charge >= 0.3 is 0 Å². The number of hydrogen-bond acceptors (Lipinski definition) is 3. The Hall–Kier alpha value is -0.170. The zero-order valence-corrected chi connectivity index (χ0v) is 6.74. The molecular formula is C4H13N3O2S. The van der Waals surface area contributed by atoms with Crippen LogP contribution in [-0.2, 0) is 10.2 Å². The summed E-state index contributed by atoms with van der Waals surface area (Å²) < 4.78 is 22.5. The van der Waals surface area contributed by atoms with E-state index in [9.17, 15) is 8.42 Å². The molecule has 4 N–H and O–H groups in total. The highest BCUT2D eigenvalue weighted by molar-refractivity contribution is 7.87. The molecule has 0 aliphatic carbocycles. The minimum Gasteiger partial charge on any atom is -0.304 e. The first-order chi connectivity index (χ1) is 4.56. The zero-order valence-electron chi connectivity index (χ0n) is 5.92.